The number of hydrogen-bond acceptors (Lipinski definition) is 3. The summed E-state index contributed by atoms with van der Waals surface area (Å²) in [4.78, 5) is 22.8. The van der Waals surface area contributed by atoms with E-state index in [0.717, 1.165) is 55.6 Å². The van der Waals surface area contributed by atoms with Crippen LogP contribution in [0.2, 0.25) is 0 Å². The summed E-state index contributed by atoms with van der Waals surface area (Å²) >= 11 is 1.44. The normalized spacial score (nSPS) is 11.4. The summed E-state index contributed by atoms with van der Waals surface area (Å²) in [5.41, 5.74) is 1.36. The summed E-state index contributed by atoms with van der Waals surface area (Å²) in [6, 6.07) is 10.6. The fraction of sp³-hybridized carbons (Fsp3) is 0.680. The molecule has 0 saturated carbocycles. The Morgan fingerprint density at radius 3 is 2.10 bits per heavy atom. The second-order valence-corrected chi connectivity index (χ2v) is 10.2. The number of carbonyl (C=O) groups is 2. The summed E-state index contributed by atoms with van der Waals surface area (Å²) in [5.74, 6) is 1.17. The molecule has 0 radical (unpaired) electrons. The molecule has 1 amide bonds. The van der Waals surface area contributed by atoms with Crippen LogP contribution in [0, 0.1) is 0 Å². The van der Waals surface area contributed by atoms with Gasteiger partial charge < -0.3 is 9.80 Å². The Hall–Kier alpha value is -1.33. The Balaban J connectivity index is 1.92. The minimum Gasteiger partial charge on any atom is -0.356 e. The summed E-state index contributed by atoms with van der Waals surface area (Å²) in [6.45, 7) is 4.49. The monoisotopic (exact) mass is 435 g/mol. The molecule has 0 heterocycles. The highest BCUT2D eigenvalue weighted by Gasteiger charge is 2.15. The smallest absolute Gasteiger partial charge is 0.219 e. The van der Waals surface area contributed by atoms with Crippen molar-refractivity contribution in [2.75, 3.05) is 32.9 Å². The highest BCUT2D eigenvalue weighted by atomic mass is 32.2. The summed E-state index contributed by atoms with van der Waals surface area (Å²) < 4.78 is 0.940. The van der Waals surface area contributed by atoms with Crippen LogP contribution >= 0.6 is 11.8 Å². The van der Waals surface area contributed by atoms with Gasteiger partial charge in [0.2, 0.25) is 5.91 Å². The van der Waals surface area contributed by atoms with Crippen LogP contribution in [0.25, 0.3) is 0 Å². The molecular weight excluding hydrogens is 392 g/mol. The van der Waals surface area contributed by atoms with Crippen LogP contribution in [0.4, 0.5) is 0 Å². The molecule has 0 fully saturated rings. The molecule has 1 rings (SSSR count). The standard InChI is InChI=1S/C25H42N2O2S/c1-23(28)30-21-14-9-7-5-4-6-8-13-18-25(29)26-19-15-20-27(2,3)22-24-16-11-10-12-17-24/h10-12,16-17H,4-9,13-15,18-22H2,1-3H3/p+1. The average Bonchev–Trinajstić information content (AvgIpc) is 2.69. The fourth-order valence-corrected chi connectivity index (χ4v) is 4.28. The Morgan fingerprint density at radius 2 is 1.47 bits per heavy atom. The minimum absolute atomic E-state index is 0.200. The van der Waals surface area contributed by atoms with Gasteiger partial charge in [-0.05, 0) is 12.8 Å². The van der Waals surface area contributed by atoms with Crippen molar-refractivity contribution in [3.8, 4) is 0 Å². The highest BCUT2D eigenvalue weighted by Crippen LogP contribution is 2.12. The molecule has 0 saturated heterocycles. The van der Waals surface area contributed by atoms with Crippen LogP contribution in [0.15, 0.2) is 30.3 Å². The molecule has 4 nitrogen and oxygen atoms in total. The van der Waals surface area contributed by atoms with E-state index in [2.05, 4.69) is 49.7 Å². The van der Waals surface area contributed by atoms with Crippen LogP contribution in [0.3, 0.4) is 0 Å². The molecule has 0 unspecified atom stereocenters. The first-order valence-corrected chi connectivity index (χ1v) is 12.6. The molecule has 0 aromatic heterocycles. The van der Waals surface area contributed by atoms with Crippen molar-refractivity contribution in [3.05, 3.63) is 35.9 Å². The summed E-state index contributed by atoms with van der Waals surface area (Å²) in [7, 11) is 4.50. The largest absolute Gasteiger partial charge is 0.356 e. The fourth-order valence-electron chi connectivity index (χ4n) is 3.64. The van der Waals surface area contributed by atoms with Crippen molar-refractivity contribution in [3.63, 3.8) is 0 Å². The third-order valence-corrected chi connectivity index (χ3v) is 6.22. The molecule has 0 bridgehead atoms. The van der Waals surface area contributed by atoms with Crippen molar-refractivity contribution in [2.24, 2.45) is 0 Å². The maximum atomic E-state index is 12.0. The van der Waals surface area contributed by atoms with Crippen molar-refractivity contribution in [2.45, 2.75) is 77.7 Å². The Morgan fingerprint density at radius 1 is 0.867 bits per heavy atom. The molecule has 1 aromatic rings. The Kier molecular flexibility index (Phi) is 14.6. The third-order valence-electron chi connectivity index (χ3n) is 5.32. The van der Waals surface area contributed by atoms with E-state index in [1.54, 1.807) is 6.92 Å². The first-order valence-electron chi connectivity index (χ1n) is 11.6. The van der Waals surface area contributed by atoms with Crippen LogP contribution in [0.5, 0.6) is 0 Å². The molecule has 0 spiro atoms. The number of carbonyl (C=O) groups excluding carboxylic acids is 2. The van der Waals surface area contributed by atoms with Gasteiger partial charge in [-0.2, -0.15) is 0 Å². The lowest BCUT2D eigenvalue weighted by Crippen LogP contribution is -2.41. The minimum atomic E-state index is 0.200. The van der Waals surface area contributed by atoms with E-state index in [-0.39, 0.29) is 11.0 Å². The zero-order valence-electron chi connectivity index (χ0n) is 19.5. The van der Waals surface area contributed by atoms with E-state index in [1.165, 1.54) is 49.4 Å². The van der Waals surface area contributed by atoms with Crippen LogP contribution in [-0.2, 0) is 16.1 Å². The predicted molar refractivity (Wildman–Crippen MR) is 129 cm³/mol. The van der Waals surface area contributed by atoms with E-state index in [0.29, 0.717) is 6.42 Å². The average molecular weight is 436 g/mol. The van der Waals surface area contributed by atoms with E-state index < -0.39 is 0 Å². The lowest BCUT2D eigenvalue weighted by molar-refractivity contribution is -0.903. The van der Waals surface area contributed by atoms with Crippen molar-refractivity contribution in [1.29, 1.82) is 0 Å². The molecule has 170 valence electrons. The zero-order valence-corrected chi connectivity index (χ0v) is 20.3. The zero-order chi connectivity index (χ0) is 22.1. The maximum absolute atomic E-state index is 12.0. The topological polar surface area (TPSA) is 46.2 Å². The maximum Gasteiger partial charge on any atom is 0.219 e. The molecule has 1 N–H and O–H groups in total. The third kappa shape index (κ3) is 15.5. The Labute approximate surface area is 188 Å². The first-order chi connectivity index (χ1) is 14.4. The molecule has 5 heteroatoms. The second-order valence-electron chi connectivity index (χ2n) is 8.93. The Bertz CT molecular complexity index is 590. The quantitative estimate of drug-likeness (QED) is 0.257. The molecular formula is C25H43N2O2S+. The number of nitrogens with zero attached hydrogens (tertiary/aromatic N) is 1. The molecule has 1 aromatic carbocycles. The number of quaternary nitrogens is 1. The highest BCUT2D eigenvalue weighted by molar-refractivity contribution is 8.13. The van der Waals surface area contributed by atoms with Crippen LogP contribution in [0.1, 0.15) is 76.7 Å². The van der Waals surface area contributed by atoms with Crippen LogP contribution in [-0.4, -0.2) is 48.4 Å². The summed E-state index contributed by atoms with van der Waals surface area (Å²) in [5, 5.41) is 3.31. The van der Waals surface area contributed by atoms with Gasteiger partial charge in [0.25, 0.3) is 0 Å². The van der Waals surface area contributed by atoms with Gasteiger partial charge in [-0.1, -0.05) is 80.6 Å². The molecule has 0 atom stereocenters. The predicted octanol–water partition coefficient (Wildman–Crippen LogP) is 5.56. The van der Waals surface area contributed by atoms with E-state index in [4.69, 9.17) is 0 Å². The number of rotatable bonds is 17. The number of hydrogen-bond donors (Lipinski definition) is 1. The van der Waals surface area contributed by atoms with Gasteiger partial charge in [0.05, 0.1) is 20.6 Å². The van der Waals surface area contributed by atoms with Crippen LogP contribution < -0.4 is 5.32 Å². The lowest BCUT2D eigenvalue weighted by Gasteiger charge is -2.30. The molecule has 0 aliphatic rings. The van der Waals surface area contributed by atoms with Gasteiger partial charge in [-0.15, -0.1) is 0 Å². The van der Waals surface area contributed by atoms with E-state index in [1.807, 2.05) is 0 Å². The second kappa shape index (κ2) is 16.4. The first kappa shape index (κ1) is 26.7. The molecule has 0 aliphatic carbocycles. The summed E-state index contributed by atoms with van der Waals surface area (Å²) in [6.07, 6.45) is 11.2. The van der Waals surface area contributed by atoms with Crippen molar-refractivity contribution in [1.82, 2.24) is 5.32 Å². The number of amides is 1. The number of benzene rings is 1. The van der Waals surface area contributed by atoms with E-state index in [9.17, 15) is 9.59 Å². The number of nitrogens with one attached hydrogen (secondary N) is 1. The lowest BCUT2D eigenvalue weighted by atomic mass is 10.1. The van der Waals surface area contributed by atoms with Gasteiger partial charge in [0, 0.05) is 37.6 Å². The molecule has 0 aliphatic heterocycles. The van der Waals surface area contributed by atoms with Gasteiger partial charge in [0.15, 0.2) is 5.12 Å². The number of unbranched alkanes of at least 4 members (excludes halogenated alkanes) is 7. The molecule has 30 heavy (non-hydrogen) atoms. The van der Waals surface area contributed by atoms with Gasteiger partial charge in [0.1, 0.15) is 6.54 Å². The van der Waals surface area contributed by atoms with Crippen molar-refractivity contribution >= 4 is 22.8 Å². The number of thioether (sulfide) groups is 1. The van der Waals surface area contributed by atoms with Gasteiger partial charge >= 0.3 is 0 Å². The van der Waals surface area contributed by atoms with E-state index >= 15 is 0 Å². The van der Waals surface area contributed by atoms with Crippen molar-refractivity contribution < 1.29 is 14.1 Å². The van der Waals surface area contributed by atoms with Gasteiger partial charge in [-0.25, -0.2) is 0 Å². The van der Waals surface area contributed by atoms with Gasteiger partial charge in [-0.3, -0.25) is 9.59 Å². The SMILES string of the molecule is CC(=O)SCCCCCCCCCCC(=O)NCCC[N+](C)(C)Cc1ccccc1.